The summed E-state index contributed by atoms with van der Waals surface area (Å²) < 4.78 is 12.0. The zero-order valence-electron chi connectivity index (χ0n) is 14.2. The van der Waals surface area contributed by atoms with Crippen LogP contribution in [-0.2, 0) is 0 Å². The summed E-state index contributed by atoms with van der Waals surface area (Å²) in [6, 6.07) is 14.5. The van der Waals surface area contributed by atoms with Gasteiger partial charge >= 0.3 is 6.01 Å². The van der Waals surface area contributed by atoms with Gasteiger partial charge in [0.15, 0.2) is 0 Å². The highest BCUT2D eigenvalue weighted by molar-refractivity contribution is 9.10. The first-order chi connectivity index (χ1) is 12.7. The van der Waals surface area contributed by atoms with Gasteiger partial charge in [0.1, 0.15) is 5.75 Å². The molecule has 0 aliphatic carbocycles. The average molecular weight is 416 g/mol. The Morgan fingerprint density at radius 1 is 1.19 bits per heavy atom. The summed E-state index contributed by atoms with van der Waals surface area (Å²) in [6.45, 7) is 2.72. The van der Waals surface area contributed by atoms with E-state index in [-0.39, 0.29) is 11.9 Å². The number of carbonyl (C=O) groups excluding carboxylic acids is 1. The second-order valence-corrected chi connectivity index (χ2v) is 6.52. The summed E-state index contributed by atoms with van der Waals surface area (Å²) in [5, 5.41) is 10.5. The number of hydrogen-bond acceptors (Lipinski definition) is 5. The fourth-order valence-corrected chi connectivity index (χ4v) is 2.64. The molecule has 1 N–H and O–H groups in total. The quantitative estimate of drug-likeness (QED) is 0.553. The Labute approximate surface area is 159 Å². The van der Waals surface area contributed by atoms with Crippen molar-refractivity contribution in [3.05, 3.63) is 58.6 Å². The topological polar surface area (TPSA) is 77.2 Å². The molecule has 0 bridgehead atoms. The number of amides is 1. The molecule has 7 heteroatoms. The first-order valence-electron chi connectivity index (χ1n) is 8.29. The van der Waals surface area contributed by atoms with Crippen LogP contribution in [0.2, 0.25) is 0 Å². The van der Waals surface area contributed by atoms with E-state index in [1.165, 1.54) is 0 Å². The van der Waals surface area contributed by atoms with Gasteiger partial charge in [-0.3, -0.25) is 10.1 Å². The van der Waals surface area contributed by atoms with Gasteiger partial charge in [-0.2, -0.15) is 0 Å². The Hall–Kier alpha value is -2.67. The summed E-state index contributed by atoms with van der Waals surface area (Å²) in [4.78, 5) is 12.4. The van der Waals surface area contributed by atoms with Crippen LogP contribution in [0.15, 0.2) is 57.4 Å². The number of halogens is 1. The number of carbonyl (C=O) groups is 1. The highest BCUT2D eigenvalue weighted by atomic mass is 79.9. The molecule has 0 aliphatic heterocycles. The number of aromatic nitrogens is 2. The van der Waals surface area contributed by atoms with Gasteiger partial charge in [0.05, 0.1) is 6.61 Å². The molecule has 1 amide bonds. The molecule has 1 heterocycles. The van der Waals surface area contributed by atoms with Crippen molar-refractivity contribution in [2.24, 2.45) is 0 Å². The normalized spacial score (nSPS) is 10.5. The molecule has 0 saturated heterocycles. The maximum Gasteiger partial charge on any atom is 0.322 e. The smallest absolute Gasteiger partial charge is 0.322 e. The SMILES string of the molecule is CCCCOc1cccc(C(=O)Nc2nnc(-c3cccc(Br)c3)o2)c1. The van der Waals surface area contributed by atoms with Gasteiger partial charge in [0.25, 0.3) is 5.91 Å². The summed E-state index contributed by atoms with van der Waals surface area (Å²) in [6.07, 6.45) is 2.02. The molecule has 134 valence electrons. The monoisotopic (exact) mass is 415 g/mol. The first-order valence-corrected chi connectivity index (χ1v) is 9.08. The van der Waals surface area contributed by atoms with Crippen molar-refractivity contribution in [1.82, 2.24) is 10.2 Å². The van der Waals surface area contributed by atoms with E-state index in [1.54, 1.807) is 18.2 Å². The molecule has 0 unspecified atom stereocenters. The minimum atomic E-state index is -0.338. The van der Waals surface area contributed by atoms with Crippen LogP contribution in [0.4, 0.5) is 6.01 Å². The molecular weight excluding hydrogens is 398 g/mol. The lowest BCUT2D eigenvalue weighted by atomic mass is 10.2. The molecule has 0 saturated carbocycles. The van der Waals surface area contributed by atoms with Crippen LogP contribution in [0, 0.1) is 0 Å². The Bertz CT molecular complexity index is 895. The third kappa shape index (κ3) is 4.70. The number of ether oxygens (including phenoxy) is 1. The van der Waals surface area contributed by atoms with Gasteiger partial charge in [-0.25, -0.2) is 0 Å². The first kappa shape index (κ1) is 18.1. The molecule has 26 heavy (non-hydrogen) atoms. The van der Waals surface area contributed by atoms with E-state index in [1.807, 2.05) is 30.3 Å². The summed E-state index contributed by atoms with van der Waals surface area (Å²) >= 11 is 3.39. The van der Waals surface area contributed by atoms with E-state index >= 15 is 0 Å². The Morgan fingerprint density at radius 2 is 2.04 bits per heavy atom. The lowest BCUT2D eigenvalue weighted by Gasteiger charge is -2.07. The minimum absolute atomic E-state index is 0.0438. The number of nitrogens with one attached hydrogen (secondary N) is 1. The van der Waals surface area contributed by atoms with Crippen LogP contribution in [0.25, 0.3) is 11.5 Å². The van der Waals surface area contributed by atoms with Crippen LogP contribution >= 0.6 is 15.9 Å². The minimum Gasteiger partial charge on any atom is -0.494 e. The second-order valence-electron chi connectivity index (χ2n) is 5.61. The third-order valence-corrected chi connectivity index (χ3v) is 4.07. The molecular formula is C19H18BrN3O3. The summed E-state index contributed by atoms with van der Waals surface area (Å²) in [5.74, 6) is 0.653. The van der Waals surface area contributed by atoms with Crippen molar-refractivity contribution in [2.45, 2.75) is 19.8 Å². The zero-order chi connectivity index (χ0) is 18.4. The lowest BCUT2D eigenvalue weighted by Crippen LogP contribution is -2.12. The fourth-order valence-electron chi connectivity index (χ4n) is 2.24. The zero-order valence-corrected chi connectivity index (χ0v) is 15.8. The molecule has 3 rings (SSSR count). The number of benzene rings is 2. The van der Waals surface area contributed by atoms with Crippen molar-refractivity contribution in [2.75, 3.05) is 11.9 Å². The molecule has 2 aromatic carbocycles. The Kier molecular flexibility index (Phi) is 6.01. The molecule has 6 nitrogen and oxygen atoms in total. The van der Waals surface area contributed by atoms with E-state index < -0.39 is 0 Å². The molecule has 0 spiro atoms. The largest absolute Gasteiger partial charge is 0.494 e. The number of rotatable bonds is 7. The average Bonchev–Trinajstić information content (AvgIpc) is 3.11. The molecule has 0 aliphatic rings. The maximum atomic E-state index is 12.4. The third-order valence-electron chi connectivity index (χ3n) is 3.58. The highest BCUT2D eigenvalue weighted by Crippen LogP contribution is 2.23. The van der Waals surface area contributed by atoms with Crippen LogP contribution in [-0.4, -0.2) is 22.7 Å². The van der Waals surface area contributed by atoms with E-state index in [0.717, 1.165) is 22.9 Å². The number of anilines is 1. The molecule has 1 aromatic heterocycles. The Balaban J connectivity index is 1.68. The van der Waals surface area contributed by atoms with Crippen molar-refractivity contribution < 1.29 is 13.9 Å². The maximum absolute atomic E-state index is 12.4. The van der Waals surface area contributed by atoms with Gasteiger partial charge < -0.3 is 9.15 Å². The second kappa shape index (κ2) is 8.62. The predicted molar refractivity (Wildman–Crippen MR) is 102 cm³/mol. The van der Waals surface area contributed by atoms with Crippen LogP contribution in [0.3, 0.4) is 0 Å². The molecule has 3 aromatic rings. The van der Waals surface area contributed by atoms with Gasteiger partial charge in [-0.1, -0.05) is 46.5 Å². The van der Waals surface area contributed by atoms with E-state index in [0.29, 0.717) is 23.8 Å². The van der Waals surface area contributed by atoms with Gasteiger partial charge in [0.2, 0.25) is 5.89 Å². The lowest BCUT2D eigenvalue weighted by molar-refractivity contribution is 0.102. The van der Waals surface area contributed by atoms with Crippen molar-refractivity contribution in [1.29, 1.82) is 0 Å². The predicted octanol–water partition coefficient (Wildman–Crippen LogP) is 4.93. The Morgan fingerprint density at radius 3 is 2.85 bits per heavy atom. The molecule has 0 fully saturated rings. The fraction of sp³-hybridized carbons (Fsp3) is 0.211. The summed E-state index contributed by atoms with van der Waals surface area (Å²) in [5.41, 5.74) is 1.22. The van der Waals surface area contributed by atoms with E-state index in [2.05, 4.69) is 38.4 Å². The van der Waals surface area contributed by atoms with Crippen molar-refractivity contribution in [3.8, 4) is 17.2 Å². The standard InChI is InChI=1S/C19H18BrN3O3/c1-2-3-10-25-16-9-5-6-13(12-16)17(24)21-19-23-22-18(26-19)14-7-4-8-15(20)11-14/h4-9,11-12H,2-3,10H2,1H3,(H,21,23,24). The van der Waals surface area contributed by atoms with E-state index in [9.17, 15) is 4.79 Å². The van der Waals surface area contributed by atoms with Gasteiger partial charge in [0, 0.05) is 15.6 Å². The highest BCUT2D eigenvalue weighted by Gasteiger charge is 2.13. The van der Waals surface area contributed by atoms with Crippen molar-refractivity contribution in [3.63, 3.8) is 0 Å². The van der Waals surface area contributed by atoms with Crippen LogP contribution < -0.4 is 10.1 Å². The number of hydrogen-bond donors (Lipinski definition) is 1. The van der Waals surface area contributed by atoms with Gasteiger partial charge in [-0.15, -0.1) is 5.10 Å². The van der Waals surface area contributed by atoms with E-state index in [4.69, 9.17) is 9.15 Å². The molecule has 0 atom stereocenters. The number of nitrogens with zero attached hydrogens (tertiary/aromatic N) is 2. The van der Waals surface area contributed by atoms with Crippen molar-refractivity contribution >= 4 is 27.9 Å². The number of unbranched alkanes of at least 4 members (excludes halogenated alkanes) is 1. The summed E-state index contributed by atoms with van der Waals surface area (Å²) in [7, 11) is 0. The van der Waals surface area contributed by atoms with Crippen LogP contribution in [0.1, 0.15) is 30.1 Å². The van der Waals surface area contributed by atoms with Gasteiger partial charge in [-0.05, 0) is 42.8 Å². The molecule has 0 radical (unpaired) electrons. The van der Waals surface area contributed by atoms with Crippen LogP contribution in [0.5, 0.6) is 5.75 Å².